The van der Waals surface area contributed by atoms with E-state index >= 15 is 0 Å². The number of amides is 3. The molecule has 0 aromatic heterocycles. The zero-order chi connectivity index (χ0) is 19.8. The van der Waals surface area contributed by atoms with Crippen molar-refractivity contribution >= 4 is 17.6 Å². The van der Waals surface area contributed by atoms with Crippen molar-refractivity contribution < 1.29 is 27.8 Å². The predicted octanol–water partition coefficient (Wildman–Crippen LogP) is 4.07. The molecule has 6 nitrogen and oxygen atoms in total. The number of rotatable bonds is 2. The summed E-state index contributed by atoms with van der Waals surface area (Å²) in [4.78, 5) is 23.9. The highest BCUT2D eigenvalue weighted by molar-refractivity contribution is 6.08. The zero-order valence-corrected chi connectivity index (χ0v) is 14.9. The maximum absolute atomic E-state index is 13.6. The van der Waals surface area contributed by atoms with E-state index in [0.717, 1.165) is 18.2 Å². The molecule has 27 heavy (non-hydrogen) atoms. The van der Waals surface area contributed by atoms with Crippen LogP contribution in [-0.2, 0) is 0 Å². The van der Waals surface area contributed by atoms with E-state index < -0.39 is 35.4 Å². The van der Waals surface area contributed by atoms with Gasteiger partial charge in [0.15, 0.2) is 11.5 Å². The number of hydrogen-bond acceptors (Lipinski definition) is 4. The van der Waals surface area contributed by atoms with Crippen molar-refractivity contribution in [3.05, 3.63) is 53.6 Å². The van der Waals surface area contributed by atoms with Gasteiger partial charge in [-0.1, -0.05) is 26.8 Å². The lowest BCUT2D eigenvalue weighted by atomic mass is 9.96. The Labute approximate surface area is 154 Å². The fourth-order valence-electron chi connectivity index (χ4n) is 2.43. The van der Waals surface area contributed by atoms with Crippen molar-refractivity contribution in [1.29, 1.82) is 0 Å². The first-order valence-corrected chi connectivity index (χ1v) is 8.19. The first kappa shape index (κ1) is 18.6. The van der Waals surface area contributed by atoms with Crippen molar-refractivity contribution in [2.24, 2.45) is 5.41 Å². The van der Waals surface area contributed by atoms with Crippen molar-refractivity contribution in [1.82, 2.24) is 5.32 Å². The van der Waals surface area contributed by atoms with E-state index in [2.05, 4.69) is 5.32 Å². The summed E-state index contributed by atoms with van der Waals surface area (Å²) < 4.78 is 38.6. The molecule has 2 N–H and O–H groups in total. The Morgan fingerprint density at radius 1 is 1.00 bits per heavy atom. The summed E-state index contributed by atoms with van der Waals surface area (Å²) in [5, 5.41) is 4.30. The average molecular weight is 376 g/mol. The van der Waals surface area contributed by atoms with Gasteiger partial charge in [-0.3, -0.25) is 10.1 Å². The highest BCUT2D eigenvalue weighted by atomic mass is 19.1. The number of carbonyl (C=O) groups excluding carboxylic acids is 2. The van der Waals surface area contributed by atoms with Gasteiger partial charge in [0.25, 0.3) is 5.91 Å². The minimum atomic E-state index is -1.18. The summed E-state index contributed by atoms with van der Waals surface area (Å²) in [6.45, 7) is 5.89. The largest absolute Gasteiger partial charge is 0.450 e. The quantitative estimate of drug-likeness (QED) is 0.828. The zero-order valence-electron chi connectivity index (χ0n) is 14.9. The normalized spacial score (nSPS) is 15.4. The Hall–Kier alpha value is -3.16. The van der Waals surface area contributed by atoms with Crippen molar-refractivity contribution in [2.45, 2.75) is 27.1 Å². The summed E-state index contributed by atoms with van der Waals surface area (Å²) in [5.74, 6) is -2.32. The lowest BCUT2D eigenvalue weighted by Crippen LogP contribution is -2.35. The molecule has 0 radical (unpaired) electrons. The monoisotopic (exact) mass is 376 g/mol. The van der Waals surface area contributed by atoms with Crippen LogP contribution in [0, 0.1) is 17.0 Å². The van der Waals surface area contributed by atoms with Gasteiger partial charge in [-0.25, -0.2) is 13.6 Å². The van der Waals surface area contributed by atoms with Crippen LogP contribution in [0.25, 0.3) is 0 Å². The van der Waals surface area contributed by atoms with Crippen LogP contribution in [0.5, 0.6) is 11.5 Å². The molecule has 0 spiro atoms. The molecule has 3 amide bonds. The minimum Gasteiger partial charge on any atom is -0.450 e. The first-order valence-electron chi connectivity index (χ1n) is 8.19. The van der Waals surface area contributed by atoms with Crippen LogP contribution in [0.3, 0.4) is 0 Å². The molecule has 0 saturated carbocycles. The number of urea groups is 1. The molecular weight excluding hydrogens is 358 g/mol. The minimum absolute atomic E-state index is 0.250. The van der Waals surface area contributed by atoms with Gasteiger partial charge in [0.1, 0.15) is 17.2 Å². The van der Waals surface area contributed by atoms with Crippen molar-refractivity contribution in [3.8, 4) is 11.5 Å². The highest BCUT2D eigenvalue weighted by Gasteiger charge is 2.35. The maximum atomic E-state index is 13.6. The highest BCUT2D eigenvalue weighted by Crippen LogP contribution is 2.41. The van der Waals surface area contributed by atoms with Gasteiger partial charge in [-0.05, 0) is 24.3 Å². The summed E-state index contributed by atoms with van der Waals surface area (Å²) >= 11 is 0. The number of nitrogens with one attached hydrogen (secondary N) is 2. The van der Waals surface area contributed by atoms with E-state index in [1.807, 2.05) is 26.1 Å². The van der Waals surface area contributed by atoms with Gasteiger partial charge < -0.3 is 14.8 Å². The van der Waals surface area contributed by atoms with Crippen LogP contribution < -0.4 is 20.1 Å². The Kier molecular flexibility index (Phi) is 4.73. The van der Waals surface area contributed by atoms with Crippen LogP contribution in [-0.4, -0.2) is 18.2 Å². The fraction of sp³-hybridized carbons (Fsp3) is 0.263. The molecule has 1 aliphatic heterocycles. The van der Waals surface area contributed by atoms with E-state index in [0.29, 0.717) is 17.2 Å². The number of imide groups is 1. The maximum Gasteiger partial charge on any atom is 0.326 e. The third kappa shape index (κ3) is 3.99. The van der Waals surface area contributed by atoms with E-state index in [1.54, 1.807) is 12.1 Å². The molecule has 0 bridgehead atoms. The number of halogens is 2. The van der Waals surface area contributed by atoms with E-state index in [-0.39, 0.29) is 5.41 Å². The van der Waals surface area contributed by atoms with E-state index in [4.69, 9.17) is 9.47 Å². The van der Waals surface area contributed by atoms with Crippen molar-refractivity contribution in [3.63, 3.8) is 0 Å². The van der Waals surface area contributed by atoms with E-state index in [1.165, 1.54) is 6.07 Å². The van der Waals surface area contributed by atoms with Crippen LogP contribution in [0.15, 0.2) is 36.4 Å². The predicted molar refractivity (Wildman–Crippen MR) is 93.8 cm³/mol. The summed E-state index contributed by atoms with van der Waals surface area (Å²) in [7, 11) is 0. The third-order valence-electron chi connectivity index (χ3n) is 3.79. The molecule has 2 aromatic rings. The second-order valence-corrected chi connectivity index (χ2v) is 7.10. The molecule has 1 aliphatic rings. The van der Waals surface area contributed by atoms with Crippen LogP contribution in [0.2, 0.25) is 0 Å². The number of carbonyl (C=O) groups is 2. The number of ether oxygens (including phenoxy) is 2. The molecule has 0 aliphatic carbocycles. The van der Waals surface area contributed by atoms with Gasteiger partial charge in [0, 0.05) is 17.2 Å². The molecule has 0 saturated heterocycles. The van der Waals surface area contributed by atoms with Gasteiger partial charge in [-0.2, -0.15) is 0 Å². The van der Waals surface area contributed by atoms with Gasteiger partial charge in [-0.15, -0.1) is 0 Å². The SMILES string of the molecule is CC(C)(C)C1Oc2ccc(NC(=O)NC(=O)c3c(F)cccc3F)cc2O1. The first-order chi connectivity index (χ1) is 12.6. The Morgan fingerprint density at radius 2 is 1.63 bits per heavy atom. The van der Waals surface area contributed by atoms with Crippen molar-refractivity contribution in [2.75, 3.05) is 5.32 Å². The van der Waals surface area contributed by atoms with Crippen LogP contribution in [0.1, 0.15) is 31.1 Å². The molecule has 1 heterocycles. The molecule has 1 atom stereocenters. The summed E-state index contributed by atoms with van der Waals surface area (Å²) in [5.41, 5.74) is -0.752. The van der Waals surface area contributed by atoms with Gasteiger partial charge in [0.2, 0.25) is 6.29 Å². The smallest absolute Gasteiger partial charge is 0.326 e. The van der Waals surface area contributed by atoms with Gasteiger partial charge in [0.05, 0.1) is 0 Å². The molecule has 3 rings (SSSR count). The lowest BCUT2D eigenvalue weighted by molar-refractivity contribution is -0.0396. The van der Waals surface area contributed by atoms with Gasteiger partial charge >= 0.3 is 6.03 Å². The number of fused-ring (bicyclic) bond motifs is 1. The van der Waals surface area contributed by atoms with Crippen LogP contribution in [0.4, 0.5) is 19.3 Å². The second-order valence-electron chi connectivity index (χ2n) is 7.10. The molecule has 0 fully saturated rings. The fourth-order valence-corrected chi connectivity index (χ4v) is 2.43. The Bertz CT molecular complexity index is 889. The molecular formula is C19H18F2N2O4. The second kappa shape index (κ2) is 6.86. The standard InChI is InChI=1S/C19H18F2N2O4/c1-19(2,3)17-26-13-8-7-10(9-14(13)27-17)22-18(25)23-16(24)15-11(20)5-4-6-12(15)21/h4-9,17H,1-3H3,(H2,22,23,24,25). The average Bonchev–Trinajstić information content (AvgIpc) is 2.98. The van der Waals surface area contributed by atoms with E-state index in [9.17, 15) is 18.4 Å². The summed E-state index contributed by atoms with van der Waals surface area (Å²) in [6.07, 6.45) is -0.470. The molecule has 1 unspecified atom stereocenters. The molecule has 8 heteroatoms. The molecule has 142 valence electrons. The number of anilines is 1. The van der Waals surface area contributed by atoms with Crippen LogP contribution >= 0.6 is 0 Å². The Morgan fingerprint density at radius 3 is 2.26 bits per heavy atom. The molecule has 2 aromatic carbocycles. The lowest BCUT2D eigenvalue weighted by Gasteiger charge is -2.24. The topological polar surface area (TPSA) is 76.7 Å². The Balaban J connectivity index is 1.67. The number of hydrogen-bond donors (Lipinski definition) is 2. The summed E-state index contributed by atoms with van der Waals surface area (Å²) in [6, 6.07) is 6.76. The number of benzene rings is 2. The third-order valence-corrected chi connectivity index (χ3v) is 3.79.